The molecule has 2 N–H and O–H groups in total. The number of ether oxygens (including phenoxy) is 1. The molecule has 1 aliphatic carbocycles. The summed E-state index contributed by atoms with van der Waals surface area (Å²) >= 11 is 1.07. The van der Waals surface area contributed by atoms with Crippen molar-refractivity contribution in [2.24, 2.45) is 0 Å². The molecule has 0 aromatic carbocycles. The molecule has 0 atom stereocenters. The van der Waals surface area contributed by atoms with Crippen molar-refractivity contribution in [3.8, 4) is 5.06 Å². The topological polar surface area (TPSA) is 75.6 Å². The maximum Gasteiger partial charge on any atom is 0.346 e. The lowest BCUT2D eigenvalue weighted by atomic mass is 10.00. The second-order valence-corrected chi connectivity index (χ2v) is 5.39. The molecule has 2 aliphatic rings. The minimum atomic E-state index is -0.997. The van der Waals surface area contributed by atoms with Gasteiger partial charge in [-0.1, -0.05) is 11.3 Å². The third-order valence-corrected chi connectivity index (χ3v) is 4.27. The Morgan fingerprint density at radius 1 is 1.47 bits per heavy atom. The lowest BCUT2D eigenvalue weighted by molar-refractivity contribution is -0.131. The van der Waals surface area contributed by atoms with Crippen LogP contribution >= 0.6 is 11.3 Å². The summed E-state index contributed by atoms with van der Waals surface area (Å²) in [5.74, 6) is -1.14. The number of rotatable bonds is 1. The van der Waals surface area contributed by atoms with Gasteiger partial charge in [-0.3, -0.25) is 4.79 Å². The van der Waals surface area contributed by atoms with E-state index in [0.717, 1.165) is 24.2 Å². The van der Waals surface area contributed by atoms with Crippen molar-refractivity contribution in [3.63, 3.8) is 0 Å². The van der Waals surface area contributed by atoms with Crippen molar-refractivity contribution < 1.29 is 19.4 Å². The summed E-state index contributed by atoms with van der Waals surface area (Å²) in [6.45, 7) is 0. The van der Waals surface area contributed by atoms with E-state index in [1.807, 2.05) is 0 Å². The fourth-order valence-corrected chi connectivity index (χ4v) is 3.26. The molecule has 1 saturated carbocycles. The number of hydrogen-bond acceptors (Lipinski definition) is 4. The van der Waals surface area contributed by atoms with Crippen LogP contribution in [0.2, 0.25) is 0 Å². The summed E-state index contributed by atoms with van der Waals surface area (Å²) in [5, 5.41) is 12.2. The average molecular weight is 253 g/mol. The molecule has 90 valence electrons. The number of amides is 1. The first-order valence-corrected chi connectivity index (χ1v) is 6.30. The van der Waals surface area contributed by atoms with E-state index in [2.05, 4.69) is 5.32 Å². The van der Waals surface area contributed by atoms with Crippen LogP contribution < -0.4 is 10.1 Å². The van der Waals surface area contributed by atoms with Gasteiger partial charge in [0.25, 0.3) is 5.91 Å². The van der Waals surface area contributed by atoms with Crippen LogP contribution in [0.15, 0.2) is 6.07 Å². The van der Waals surface area contributed by atoms with Crippen molar-refractivity contribution in [2.45, 2.75) is 31.3 Å². The molecular weight excluding hydrogens is 242 g/mol. The van der Waals surface area contributed by atoms with Gasteiger partial charge in [0.1, 0.15) is 4.88 Å². The van der Waals surface area contributed by atoms with Crippen LogP contribution in [0.1, 0.15) is 35.4 Å². The number of fused-ring (bicyclic) bond motifs is 1. The van der Waals surface area contributed by atoms with E-state index in [9.17, 15) is 9.59 Å². The maximum atomic E-state index is 12.0. The Morgan fingerprint density at radius 2 is 2.18 bits per heavy atom. The number of aromatic carboxylic acids is 1. The smallest absolute Gasteiger partial charge is 0.346 e. The van der Waals surface area contributed by atoms with Gasteiger partial charge in [-0.25, -0.2) is 4.79 Å². The molecule has 1 aliphatic heterocycles. The SMILES string of the molecule is O=C(O)c1cc2c(s1)OC1(CCCC1)C(=O)N2. The number of thiophene rings is 1. The van der Waals surface area contributed by atoms with E-state index >= 15 is 0 Å². The first kappa shape index (κ1) is 10.6. The number of carbonyl (C=O) groups is 2. The summed E-state index contributed by atoms with van der Waals surface area (Å²) in [5.41, 5.74) is -0.275. The minimum absolute atomic E-state index is 0.141. The van der Waals surface area contributed by atoms with Gasteiger partial charge in [-0.2, -0.15) is 0 Å². The average Bonchev–Trinajstić information content (AvgIpc) is 2.87. The van der Waals surface area contributed by atoms with Gasteiger partial charge in [0.2, 0.25) is 0 Å². The van der Waals surface area contributed by atoms with Gasteiger partial charge in [-0.15, -0.1) is 0 Å². The van der Waals surface area contributed by atoms with Gasteiger partial charge < -0.3 is 15.2 Å². The zero-order chi connectivity index (χ0) is 12.0. The first-order valence-electron chi connectivity index (χ1n) is 5.48. The highest BCUT2D eigenvalue weighted by atomic mass is 32.1. The molecule has 1 amide bonds. The second kappa shape index (κ2) is 3.46. The molecular formula is C11H11NO4S. The molecule has 6 heteroatoms. The highest BCUT2D eigenvalue weighted by Gasteiger charge is 2.47. The maximum absolute atomic E-state index is 12.0. The molecule has 0 saturated heterocycles. The Balaban J connectivity index is 1.99. The van der Waals surface area contributed by atoms with Crippen LogP contribution in [-0.2, 0) is 4.79 Å². The van der Waals surface area contributed by atoms with Crippen molar-refractivity contribution in [3.05, 3.63) is 10.9 Å². The van der Waals surface area contributed by atoms with Gasteiger partial charge in [-0.05, 0) is 31.7 Å². The molecule has 0 radical (unpaired) electrons. The van der Waals surface area contributed by atoms with E-state index in [0.29, 0.717) is 23.6 Å². The second-order valence-electron chi connectivity index (χ2n) is 4.37. The van der Waals surface area contributed by atoms with Crippen molar-refractivity contribution in [1.29, 1.82) is 0 Å². The van der Waals surface area contributed by atoms with Gasteiger partial charge in [0.15, 0.2) is 10.7 Å². The van der Waals surface area contributed by atoms with E-state index in [1.165, 1.54) is 6.07 Å². The largest absolute Gasteiger partial charge is 0.477 e. The fourth-order valence-electron chi connectivity index (χ4n) is 2.38. The normalized spacial score (nSPS) is 20.8. The molecule has 0 unspecified atom stereocenters. The molecule has 1 aromatic rings. The molecule has 1 spiro atoms. The molecule has 3 rings (SSSR count). The van der Waals surface area contributed by atoms with Gasteiger partial charge in [0.05, 0.1) is 5.69 Å². The molecule has 0 bridgehead atoms. The van der Waals surface area contributed by atoms with Crippen LogP contribution in [0.4, 0.5) is 5.69 Å². The lowest BCUT2D eigenvalue weighted by Gasteiger charge is -2.32. The standard InChI is InChI=1S/C11H11NO4S/c13-8(14)7-5-6-9(17-7)16-11(10(15)12-6)3-1-2-4-11/h5H,1-4H2,(H,12,15)(H,13,14). The van der Waals surface area contributed by atoms with Crippen LogP contribution in [-0.4, -0.2) is 22.6 Å². The highest BCUT2D eigenvalue weighted by molar-refractivity contribution is 7.16. The summed E-state index contributed by atoms with van der Waals surface area (Å²) in [4.78, 5) is 23.0. The van der Waals surface area contributed by atoms with E-state index in [1.54, 1.807) is 0 Å². The number of nitrogens with one attached hydrogen (secondary N) is 1. The molecule has 2 heterocycles. The van der Waals surface area contributed by atoms with E-state index in [-0.39, 0.29) is 10.8 Å². The summed E-state index contributed by atoms with van der Waals surface area (Å²) < 4.78 is 5.77. The number of anilines is 1. The van der Waals surface area contributed by atoms with Crippen molar-refractivity contribution in [1.82, 2.24) is 0 Å². The van der Waals surface area contributed by atoms with Gasteiger partial charge in [0, 0.05) is 0 Å². The molecule has 1 fully saturated rings. The predicted octanol–water partition coefficient (Wildman–Crippen LogP) is 2.09. The number of carboxylic acid groups (broad SMARTS) is 1. The highest BCUT2D eigenvalue weighted by Crippen LogP contribution is 2.46. The van der Waals surface area contributed by atoms with Crippen LogP contribution in [0, 0.1) is 0 Å². The van der Waals surface area contributed by atoms with E-state index in [4.69, 9.17) is 9.84 Å². The summed E-state index contributed by atoms with van der Waals surface area (Å²) in [6.07, 6.45) is 3.36. The van der Waals surface area contributed by atoms with Crippen LogP contribution in [0.5, 0.6) is 5.06 Å². The van der Waals surface area contributed by atoms with E-state index < -0.39 is 11.6 Å². The van der Waals surface area contributed by atoms with Crippen LogP contribution in [0.25, 0.3) is 0 Å². The number of carbonyl (C=O) groups excluding carboxylic acids is 1. The Kier molecular flexibility index (Phi) is 2.16. The molecule has 17 heavy (non-hydrogen) atoms. The lowest BCUT2D eigenvalue weighted by Crippen LogP contribution is -2.48. The third-order valence-electron chi connectivity index (χ3n) is 3.27. The Labute approximate surface area is 101 Å². The Hall–Kier alpha value is -1.56. The zero-order valence-corrected chi connectivity index (χ0v) is 9.80. The predicted molar refractivity (Wildman–Crippen MR) is 61.7 cm³/mol. The number of carboxylic acids is 1. The van der Waals surface area contributed by atoms with Crippen molar-refractivity contribution >= 4 is 28.9 Å². The monoisotopic (exact) mass is 253 g/mol. The van der Waals surface area contributed by atoms with Crippen LogP contribution in [0.3, 0.4) is 0 Å². The third kappa shape index (κ3) is 1.51. The van der Waals surface area contributed by atoms with Gasteiger partial charge >= 0.3 is 5.97 Å². The molecule has 1 aromatic heterocycles. The Morgan fingerprint density at radius 3 is 2.82 bits per heavy atom. The summed E-state index contributed by atoms with van der Waals surface area (Å²) in [7, 11) is 0. The first-order chi connectivity index (χ1) is 8.11. The zero-order valence-electron chi connectivity index (χ0n) is 8.99. The molecule has 5 nitrogen and oxygen atoms in total. The summed E-state index contributed by atoms with van der Waals surface area (Å²) in [6, 6.07) is 1.45. The Bertz CT molecular complexity index is 502. The quantitative estimate of drug-likeness (QED) is 0.803. The van der Waals surface area contributed by atoms with Crippen molar-refractivity contribution in [2.75, 3.05) is 5.32 Å². The number of hydrogen-bond donors (Lipinski definition) is 2. The minimum Gasteiger partial charge on any atom is -0.477 e. The fraction of sp³-hybridized carbons (Fsp3) is 0.455.